The van der Waals surface area contributed by atoms with Crippen LogP contribution in [0.5, 0.6) is 0 Å². The number of hydrogen-bond donors (Lipinski definition) is 1. The Morgan fingerprint density at radius 2 is 1.70 bits per heavy atom. The normalized spacial score (nSPS) is 11.4. The van der Waals surface area contributed by atoms with Gasteiger partial charge in [0, 0.05) is 23.9 Å². The van der Waals surface area contributed by atoms with E-state index in [1.165, 1.54) is 41.3 Å². The number of carbonyl (C=O) groups excluding carboxylic acids is 1. The molecular formula is C19H14N4O4. The average Bonchev–Trinajstić information content (AvgIpc) is 2.69. The summed E-state index contributed by atoms with van der Waals surface area (Å²) in [5.74, 6) is -1.25. The molecule has 8 heteroatoms. The lowest BCUT2D eigenvalue weighted by molar-refractivity contribution is -0.643. The summed E-state index contributed by atoms with van der Waals surface area (Å²) < 4.78 is 1.17. The number of aromatic nitrogens is 2. The van der Waals surface area contributed by atoms with E-state index in [9.17, 15) is 20.0 Å². The Kier molecular flexibility index (Phi) is 5.17. The van der Waals surface area contributed by atoms with E-state index in [4.69, 9.17) is 0 Å². The topological polar surface area (TPSA) is 112 Å². The van der Waals surface area contributed by atoms with E-state index in [0.717, 1.165) is 0 Å². The molecule has 1 amide bonds. The van der Waals surface area contributed by atoms with Crippen LogP contribution in [0, 0.1) is 10.1 Å². The van der Waals surface area contributed by atoms with E-state index < -0.39 is 16.6 Å². The van der Waals surface area contributed by atoms with Gasteiger partial charge in [-0.1, -0.05) is 18.2 Å². The Hall–Kier alpha value is -4.07. The van der Waals surface area contributed by atoms with Gasteiger partial charge in [0.25, 0.3) is 11.4 Å². The molecule has 3 rings (SSSR count). The number of nitrogens with zero attached hydrogens (tertiary/aromatic N) is 3. The zero-order valence-electron chi connectivity index (χ0n) is 14.0. The number of rotatable bonds is 5. The molecule has 0 spiro atoms. The molecule has 0 aliphatic heterocycles. The average molecular weight is 362 g/mol. The second-order valence-electron chi connectivity index (χ2n) is 5.44. The monoisotopic (exact) mass is 362 g/mol. The highest BCUT2D eigenvalue weighted by Gasteiger charge is 2.24. The van der Waals surface area contributed by atoms with Crippen LogP contribution in [0.25, 0.3) is 11.5 Å². The highest BCUT2D eigenvalue weighted by molar-refractivity contribution is 6.22. The van der Waals surface area contributed by atoms with Gasteiger partial charge in [-0.05, 0) is 51.4 Å². The number of non-ortho nitro benzene ring substituents is 1. The van der Waals surface area contributed by atoms with Crippen LogP contribution in [0.2, 0.25) is 0 Å². The highest BCUT2D eigenvalue weighted by atomic mass is 16.6. The van der Waals surface area contributed by atoms with Crippen molar-refractivity contribution in [2.45, 2.75) is 0 Å². The molecule has 0 bridgehead atoms. The third-order valence-corrected chi connectivity index (χ3v) is 3.65. The summed E-state index contributed by atoms with van der Waals surface area (Å²) in [6, 6.07) is 17.0. The minimum Gasteiger partial charge on any atom is -0.867 e. The number of anilines is 1. The molecule has 0 fully saturated rings. The number of nitro groups is 1. The Morgan fingerprint density at radius 1 is 1.00 bits per heavy atom. The zero-order chi connectivity index (χ0) is 19.2. The van der Waals surface area contributed by atoms with E-state index in [2.05, 4.69) is 10.4 Å². The predicted molar refractivity (Wildman–Crippen MR) is 95.7 cm³/mol. The third kappa shape index (κ3) is 4.13. The van der Waals surface area contributed by atoms with Crippen LogP contribution in [-0.4, -0.2) is 15.9 Å². The molecule has 0 aliphatic rings. The summed E-state index contributed by atoms with van der Waals surface area (Å²) in [5, 5.41) is 30.4. The number of amides is 1. The lowest BCUT2D eigenvalue weighted by Gasteiger charge is -2.14. The van der Waals surface area contributed by atoms with Crippen molar-refractivity contribution >= 4 is 28.7 Å². The van der Waals surface area contributed by atoms with Gasteiger partial charge < -0.3 is 10.4 Å². The van der Waals surface area contributed by atoms with Crippen LogP contribution >= 0.6 is 0 Å². The summed E-state index contributed by atoms with van der Waals surface area (Å²) >= 11 is 0. The van der Waals surface area contributed by atoms with Crippen molar-refractivity contribution in [3.8, 4) is 0 Å². The Bertz CT molecular complexity index is 987. The van der Waals surface area contributed by atoms with Gasteiger partial charge in [-0.3, -0.25) is 14.9 Å². The van der Waals surface area contributed by atoms with E-state index in [-0.39, 0.29) is 16.9 Å². The number of benzene rings is 2. The fourth-order valence-corrected chi connectivity index (χ4v) is 2.36. The van der Waals surface area contributed by atoms with Crippen LogP contribution in [0.15, 0.2) is 79.1 Å². The first kappa shape index (κ1) is 17.7. The van der Waals surface area contributed by atoms with Crippen molar-refractivity contribution in [2.24, 2.45) is 0 Å². The van der Waals surface area contributed by atoms with E-state index in [1.807, 2.05) is 0 Å². The second-order valence-corrected chi connectivity index (χ2v) is 5.44. The van der Waals surface area contributed by atoms with Crippen molar-refractivity contribution < 1.29 is 19.5 Å². The Labute approximate surface area is 154 Å². The van der Waals surface area contributed by atoms with Crippen molar-refractivity contribution in [1.82, 2.24) is 5.10 Å². The largest absolute Gasteiger partial charge is 0.867 e. The molecule has 3 aromatic rings. The quantitative estimate of drug-likeness (QED) is 0.244. The number of carbonyl (C=O) groups is 1. The van der Waals surface area contributed by atoms with Gasteiger partial charge >= 0.3 is 5.91 Å². The molecule has 27 heavy (non-hydrogen) atoms. The third-order valence-electron chi connectivity index (χ3n) is 3.65. The first-order valence-corrected chi connectivity index (χ1v) is 7.92. The smallest absolute Gasteiger partial charge is 0.322 e. The molecule has 134 valence electrons. The Morgan fingerprint density at radius 3 is 2.30 bits per heavy atom. The minimum atomic E-state index is -0.645. The molecule has 0 saturated carbocycles. The zero-order valence-corrected chi connectivity index (χ0v) is 14.0. The fourth-order valence-electron chi connectivity index (χ4n) is 2.36. The van der Waals surface area contributed by atoms with Crippen molar-refractivity contribution in [2.75, 3.05) is 5.32 Å². The SMILES string of the molecule is O=C(Nc1ccccc1)/C(=C(\[O-])c1ccc([N+](=O)[O-])cc1)[n+]1ccccn1. The summed E-state index contributed by atoms with van der Waals surface area (Å²) in [5.41, 5.74) is 0.283. The van der Waals surface area contributed by atoms with Crippen LogP contribution < -0.4 is 15.1 Å². The predicted octanol–water partition coefficient (Wildman–Crippen LogP) is 1.60. The minimum absolute atomic E-state index is 0.136. The van der Waals surface area contributed by atoms with E-state index in [1.54, 1.807) is 42.5 Å². The maximum atomic E-state index is 12.9. The second kappa shape index (κ2) is 7.87. The lowest BCUT2D eigenvalue weighted by atomic mass is 10.1. The standard InChI is InChI=1S/C19H14N4O4/c24-18(14-8-10-16(11-9-14)23(26)27)17(22-13-5-4-12-20-22)19(25)21-15-6-2-1-3-7-15/h1-13H,(H-,20,21,24,25). The fraction of sp³-hybridized carbons (Fsp3) is 0. The van der Waals surface area contributed by atoms with Gasteiger partial charge in [-0.2, -0.15) is 0 Å². The van der Waals surface area contributed by atoms with Gasteiger partial charge in [0.05, 0.1) is 11.1 Å². The first-order valence-electron chi connectivity index (χ1n) is 7.92. The molecule has 1 aromatic heterocycles. The van der Waals surface area contributed by atoms with E-state index >= 15 is 0 Å². The van der Waals surface area contributed by atoms with Crippen LogP contribution in [0.1, 0.15) is 5.56 Å². The van der Waals surface area contributed by atoms with E-state index in [0.29, 0.717) is 5.69 Å². The number of nitro benzene ring substituents is 1. The van der Waals surface area contributed by atoms with Gasteiger partial charge in [0.15, 0.2) is 0 Å². The molecule has 0 saturated heterocycles. The van der Waals surface area contributed by atoms with Crippen molar-refractivity contribution in [1.29, 1.82) is 0 Å². The lowest BCUT2D eigenvalue weighted by Crippen LogP contribution is -2.43. The maximum Gasteiger partial charge on any atom is 0.322 e. The van der Waals surface area contributed by atoms with Crippen molar-refractivity contribution in [3.05, 3.63) is 94.8 Å². The van der Waals surface area contributed by atoms with Gasteiger partial charge in [0.2, 0.25) is 6.20 Å². The maximum absolute atomic E-state index is 12.9. The molecule has 1 heterocycles. The number of para-hydroxylation sites is 1. The van der Waals surface area contributed by atoms with Gasteiger partial charge in [0.1, 0.15) is 0 Å². The van der Waals surface area contributed by atoms with Gasteiger partial charge in [-0.15, -0.1) is 0 Å². The summed E-state index contributed by atoms with van der Waals surface area (Å²) in [6.45, 7) is 0. The van der Waals surface area contributed by atoms with Crippen LogP contribution in [-0.2, 0) is 4.79 Å². The molecule has 0 unspecified atom stereocenters. The molecule has 2 aromatic carbocycles. The molecular weight excluding hydrogens is 348 g/mol. The molecule has 0 radical (unpaired) electrons. The summed E-state index contributed by atoms with van der Waals surface area (Å²) in [6.07, 6.45) is 2.92. The first-order chi connectivity index (χ1) is 13.1. The summed E-state index contributed by atoms with van der Waals surface area (Å²) in [7, 11) is 0. The van der Waals surface area contributed by atoms with Gasteiger partial charge in [-0.25, -0.2) is 0 Å². The van der Waals surface area contributed by atoms with Crippen LogP contribution in [0.3, 0.4) is 0 Å². The molecule has 1 N–H and O–H groups in total. The summed E-state index contributed by atoms with van der Waals surface area (Å²) in [4.78, 5) is 23.0. The highest BCUT2D eigenvalue weighted by Crippen LogP contribution is 2.19. The van der Waals surface area contributed by atoms with Crippen molar-refractivity contribution in [3.63, 3.8) is 0 Å². The number of hydrogen-bond acceptors (Lipinski definition) is 5. The molecule has 8 nitrogen and oxygen atoms in total. The van der Waals surface area contributed by atoms with Crippen LogP contribution in [0.4, 0.5) is 11.4 Å². The molecule has 0 aliphatic carbocycles. The molecule has 0 atom stereocenters. The number of nitrogens with one attached hydrogen (secondary N) is 1. The Balaban J connectivity index is 2.04.